The zero-order chi connectivity index (χ0) is 20.8. The second-order valence-corrected chi connectivity index (χ2v) is 9.27. The van der Waals surface area contributed by atoms with Gasteiger partial charge in [-0.25, -0.2) is 0 Å². The molecule has 3 aromatic rings. The highest BCUT2D eigenvalue weighted by Gasteiger charge is 2.18. The predicted molar refractivity (Wildman–Crippen MR) is 116 cm³/mol. The normalized spacial score (nSPS) is 16.6. The third kappa shape index (κ3) is 3.93. The molecule has 0 saturated heterocycles. The Balaban J connectivity index is 1.85. The standard InChI is InChI=1S/C26H31N/c1-18-13-22(17-23(14-18)26(2,3)4)25-24-10-9-20(15-19-7-5-6-8-19)16-21(24)11-12-27-25/h9-14,16-17,19H,5-8,15H2,1-4H3/i11D,12D. The third-order valence-corrected chi connectivity index (χ3v) is 5.91. The minimum absolute atomic E-state index is 0.0458. The van der Waals surface area contributed by atoms with Crippen LogP contribution in [0.25, 0.3) is 22.0 Å². The van der Waals surface area contributed by atoms with Gasteiger partial charge in [-0.2, -0.15) is 0 Å². The summed E-state index contributed by atoms with van der Waals surface area (Å²) < 4.78 is 16.8. The van der Waals surface area contributed by atoms with E-state index in [9.17, 15) is 0 Å². The maximum atomic E-state index is 8.46. The summed E-state index contributed by atoms with van der Waals surface area (Å²) in [6, 6.07) is 13.3. The average Bonchev–Trinajstić information content (AvgIpc) is 3.16. The van der Waals surface area contributed by atoms with Crippen molar-refractivity contribution in [3.63, 3.8) is 0 Å². The average molecular weight is 360 g/mol. The predicted octanol–water partition coefficient (Wildman–Crippen LogP) is 7.24. The van der Waals surface area contributed by atoms with E-state index in [0.29, 0.717) is 0 Å². The van der Waals surface area contributed by atoms with E-state index in [2.05, 4.69) is 69.1 Å². The fourth-order valence-electron chi connectivity index (χ4n) is 4.35. The van der Waals surface area contributed by atoms with Crippen molar-refractivity contribution in [1.82, 2.24) is 4.98 Å². The Kier molecular flexibility index (Phi) is 4.18. The first-order valence-electron chi connectivity index (χ1n) is 11.2. The first kappa shape index (κ1) is 15.9. The van der Waals surface area contributed by atoms with Crippen molar-refractivity contribution in [1.29, 1.82) is 0 Å². The van der Waals surface area contributed by atoms with Crippen molar-refractivity contribution in [3.05, 3.63) is 65.3 Å². The monoisotopic (exact) mass is 359 g/mol. The molecule has 1 aliphatic rings. The summed E-state index contributed by atoms with van der Waals surface area (Å²) in [5.74, 6) is 0.768. The minimum Gasteiger partial charge on any atom is -0.256 e. The Morgan fingerprint density at radius 2 is 1.85 bits per heavy atom. The summed E-state index contributed by atoms with van der Waals surface area (Å²) in [7, 11) is 0. The Morgan fingerprint density at radius 1 is 1.07 bits per heavy atom. The van der Waals surface area contributed by atoms with Gasteiger partial charge in [0, 0.05) is 17.1 Å². The van der Waals surface area contributed by atoms with Crippen LogP contribution in [0.2, 0.25) is 0 Å². The molecule has 4 rings (SSSR count). The quantitative estimate of drug-likeness (QED) is 0.480. The first-order chi connectivity index (χ1) is 13.7. The number of aromatic nitrogens is 1. The van der Waals surface area contributed by atoms with E-state index < -0.39 is 0 Å². The van der Waals surface area contributed by atoms with E-state index in [1.54, 1.807) is 0 Å². The van der Waals surface area contributed by atoms with Gasteiger partial charge >= 0.3 is 0 Å². The van der Waals surface area contributed by atoms with E-state index in [1.807, 2.05) is 0 Å². The molecular formula is C26H31N. The molecule has 1 heterocycles. The van der Waals surface area contributed by atoms with Crippen LogP contribution >= 0.6 is 0 Å². The van der Waals surface area contributed by atoms with E-state index in [4.69, 9.17) is 2.74 Å². The molecule has 0 aliphatic heterocycles. The van der Waals surface area contributed by atoms with E-state index >= 15 is 0 Å². The van der Waals surface area contributed by atoms with Crippen LogP contribution < -0.4 is 0 Å². The van der Waals surface area contributed by atoms with Gasteiger partial charge in [0.15, 0.2) is 0 Å². The Hall–Kier alpha value is -2.15. The van der Waals surface area contributed by atoms with Gasteiger partial charge in [0.1, 0.15) is 0 Å². The topological polar surface area (TPSA) is 12.9 Å². The highest BCUT2D eigenvalue weighted by atomic mass is 14.7. The third-order valence-electron chi connectivity index (χ3n) is 5.91. The highest BCUT2D eigenvalue weighted by molar-refractivity contribution is 5.95. The molecule has 1 nitrogen and oxygen atoms in total. The highest BCUT2D eigenvalue weighted by Crippen LogP contribution is 2.33. The van der Waals surface area contributed by atoms with Gasteiger partial charge in [0.25, 0.3) is 0 Å². The van der Waals surface area contributed by atoms with Crippen molar-refractivity contribution in [2.75, 3.05) is 0 Å². The summed E-state index contributed by atoms with van der Waals surface area (Å²) >= 11 is 0. The lowest BCUT2D eigenvalue weighted by molar-refractivity contribution is 0.547. The molecule has 2 aromatic carbocycles. The number of pyridine rings is 1. The molecule has 0 atom stereocenters. The molecule has 0 amide bonds. The van der Waals surface area contributed by atoms with Gasteiger partial charge in [-0.3, -0.25) is 4.98 Å². The molecule has 1 fully saturated rings. The Labute approximate surface area is 166 Å². The molecule has 0 radical (unpaired) electrons. The molecule has 1 aliphatic carbocycles. The van der Waals surface area contributed by atoms with E-state index in [1.165, 1.54) is 42.4 Å². The second kappa shape index (κ2) is 7.11. The maximum Gasteiger partial charge on any atom is 0.0840 e. The second-order valence-electron chi connectivity index (χ2n) is 9.27. The molecule has 1 aromatic heterocycles. The lowest BCUT2D eigenvalue weighted by atomic mass is 9.84. The molecule has 0 bridgehead atoms. The molecule has 0 spiro atoms. The maximum absolute atomic E-state index is 8.46. The fourth-order valence-corrected chi connectivity index (χ4v) is 4.35. The molecule has 140 valence electrons. The molecule has 1 saturated carbocycles. The number of rotatable bonds is 3. The van der Waals surface area contributed by atoms with Crippen LogP contribution in [-0.2, 0) is 11.8 Å². The zero-order valence-electron chi connectivity index (χ0n) is 19.0. The lowest BCUT2D eigenvalue weighted by Gasteiger charge is -2.21. The summed E-state index contributed by atoms with van der Waals surface area (Å²) in [5, 5.41) is 1.83. The number of nitrogens with zero attached hydrogens (tertiary/aromatic N) is 1. The summed E-state index contributed by atoms with van der Waals surface area (Å²) in [4.78, 5) is 4.55. The van der Waals surface area contributed by atoms with Crippen molar-refractivity contribution < 1.29 is 2.74 Å². The molecular weight excluding hydrogens is 326 g/mol. The largest absolute Gasteiger partial charge is 0.256 e. The van der Waals surface area contributed by atoms with Crippen molar-refractivity contribution in [2.24, 2.45) is 5.92 Å². The zero-order valence-corrected chi connectivity index (χ0v) is 17.0. The van der Waals surface area contributed by atoms with Crippen LogP contribution in [0.5, 0.6) is 0 Å². The number of hydrogen-bond acceptors (Lipinski definition) is 1. The lowest BCUT2D eigenvalue weighted by Crippen LogP contribution is -2.11. The molecule has 0 N–H and O–H groups in total. The van der Waals surface area contributed by atoms with Gasteiger partial charge in [-0.05, 0) is 59.4 Å². The smallest absolute Gasteiger partial charge is 0.0840 e. The van der Waals surface area contributed by atoms with E-state index in [-0.39, 0.29) is 17.6 Å². The number of aryl methyl sites for hydroxylation is 1. The SMILES string of the molecule is [2H]c1nc(-c2cc(C)cc(C(C)(C)C)c2)c2ccc(CC3CCCC3)cc2c1[2H]. The summed E-state index contributed by atoms with van der Waals surface area (Å²) in [5.41, 5.74) is 5.65. The van der Waals surface area contributed by atoms with Crippen molar-refractivity contribution >= 4 is 10.8 Å². The van der Waals surface area contributed by atoms with Crippen LogP contribution in [0, 0.1) is 12.8 Å². The summed E-state index contributed by atoms with van der Waals surface area (Å²) in [6.07, 6.45) is 6.46. The Bertz CT molecular complexity index is 1060. The van der Waals surface area contributed by atoms with E-state index in [0.717, 1.165) is 34.4 Å². The van der Waals surface area contributed by atoms with Crippen LogP contribution in [0.4, 0.5) is 0 Å². The molecule has 1 heteroatoms. The van der Waals surface area contributed by atoms with Gasteiger partial charge in [0.05, 0.1) is 8.44 Å². The van der Waals surface area contributed by atoms with Crippen LogP contribution in [0.3, 0.4) is 0 Å². The fraction of sp³-hybridized carbons (Fsp3) is 0.423. The number of fused-ring (bicyclic) bond motifs is 1. The first-order valence-corrected chi connectivity index (χ1v) is 10.2. The number of hydrogen-bond donors (Lipinski definition) is 0. The van der Waals surface area contributed by atoms with Gasteiger partial charge < -0.3 is 0 Å². The van der Waals surface area contributed by atoms with Crippen molar-refractivity contribution in [2.45, 2.75) is 65.2 Å². The van der Waals surface area contributed by atoms with Crippen LogP contribution in [0.1, 0.15) is 65.9 Å². The molecule has 0 unspecified atom stereocenters. The van der Waals surface area contributed by atoms with Crippen LogP contribution in [0.15, 0.2) is 48.6 Å². The van der Waals surface area contributed by atoms with Gasteiger partial charge in [0.2, 0.25) is 0 Å². The number of benzene rings is 2. The Morgan fingerprint density at radius 3 is 2.59 bits per heavy atom. The molecule has 27 heavy (non-hydrogen) atoms. The summed E-state index contributed by atoms with van der Waals surface area (Å²) in [6.45, 7) is 8.76. The van der Waals surface area contributed by atoms with Crippen molar-refractivity contribution in [3.8, 4) is 11.3 Å². The minimum atomic E-state index is 0.0458. The van der Waals surface area contributed by atoms with Gasteiger partial charge in [-0.15, -0.1) is 0 Å². The van der Waals surface area contributed by atoms with Gasteiger partial charge in [-0.1, -0.05) is 76.3 Å². The van der Waals surface area contributed by atoms with Crippen LogP contribution in [-0.4, -0.2) is 4.98 Å².